The van der Waals surface area contributed by atoms with Crippen molar-refractivity contribution in [2.45, 2.75) is 59.0 Å². The van der Waals surface area contributed by atoms with Crippen LogP contribution >= 0.6 is 0 Å². The van der Waals surface area contributed by atoms with E-state index in [0.29, 0.717) is 28.4 Å². The minimum Gasteiger partial charge on any atom is -0.490 e. The molecule has 3 aromatic rings. The highest BCUT2D eigenvalue weighted by Crippen LogP contribution is 2.37. The third kappa shape index (κ3) is 7.85. The monoisotopic (exact) mass is 517 g/mol. The van der Waals surface area contributed by atoms with Gasteiger partial charge in [-0.05, 0) is 61.0 Å². The highest BCUT2D eigenvalue weighted by molar-refractivity contribution is 6.05. The fourth-order valence-corrected chi connectivity index (χ4v) is 3.62. The first kappa shape index (κ1) is 29.4. The summed E-state index contributed by atoms with van der Waals surface area (Å²) in [5, 5.41) is 2.62. The molecule has 1 unspecified atom stereocenters. The number of amides is 1. The third-order valence-electron chi connectivity index (χ3n) is 5.34. The molecule has 0 saturated heterocycles. The number of carbonyl (C=O) groups is 1. The number of nitrogen functional groups attached to an aromatic ring is 2. The van der Waals surface area contributed by atoms with Crippen molar-refractivity contribution in [1.29, 1.82) is 0 Å². The Hall–Kier alpha value is -3.79. The Kier molecular flexibility index (Phi) is 10.7. The number of hydrazine groups is 1. The number of aromatic nitrogens is 1. The maximum Gasteiger partial charge on any atom is 0.258 e. The van der Waals surface area contributed by atoms with E-state index in [0.717, 1.165) is 0 Å². The number of rotatable bonds is 6. The van der Waals surface area contributed by atoms with E-state index >= 15 is 0 Å². The van der Waals surface area contributed by atoms with E-state index in [-0.39, 0.29) is 30.6 Å². The van der Waals surface area contributed by atoms with Crippen LogP contribution in [0.15, 0.2) is 54.6 Å². The molecule has 4 rings (SSSR count). The Morgan fingerprint density at radius 3 is 2.32 bits per heavy atom. The molecule has 10 heteroatoms. The van der Waals surface area contributed by atoms with Gasteiger partial charge in [0, 0.05) is 24.1 Å². The summed E-state index contributed by atoms with van der Waals surface area (Å²) in [6.45, 7) is 8.00. The topological polar surface area (TPSA) is 115 Å². The van der Waals surface area contributed by atoms with Gasteiger partial charge in [-0.3, -0.25) is 4.79 Å². The Morgan fingerprint density at radius 1 is 1.05 bits per heavy atom. The molecule has 0 aliphatic heterocycles. The predicted octanol–water partition coefficient (Wildman–Crippen LogP) is 6.63. The van der Waals surface area contributed by atoms with E-state index in [9.17, 15) is 18.0 Å². The number of pyridine rings is 1. The van der Waals surface area contributed by atoms with E-state index in [2.05, 4.69) is 15.7 Å². The highest BCUT2D eigenvalue weighted by Gasteiger charge is 2.40. The number of ether oxygens (including phenoxy) is 1. The SMILES string of the molecule is CC.CC.NNc1nc(-c2ccc(F)c(C(=O)Nc3ccc(OC4CCC(F)(F)C4)cc3)c2)ccc1N. The van der Waals surface area contributed by atoms with Crippen LogP contribution in [0.1, 0.15) is 57.3 Å². The summed E-state index contributed by atoms with van der Waals surface area (Å²) in [5.41, 5.74) is 9.65. The lowest BCUT2D eigenvalue weighted by atomic mass is 10.1. The highest BCUT2D eigenvalue weighted by atomic mass is 19.3. The smallest absolute Gasteiger partial charge is 0.258 e. The van der Waals surface area contributed by atoms with E-state index in [1.54, 1.807) is 36.4 Å². The number of hydrogen-bond acceptors (Lipinski definition) is 6. The van der Waals surface area contributed by atoms with Crippen LogP contribution in [-0.4, -0.2) is 22.9 Å². The first-order chi connectivity index (χ1) is 17.7. The average molecular weight is 518 g/mol. The van der Waals surface area contributed by atoms with Gasteiger partial charge in [-0.15, -0.1) is 0 Å². The maximum absolute atomic E-state index is 14.4. The molecule has 1 atom stereocenters. The molecular formula is C27H34F3N5O2. The summed E-state index contributed by atoms with van der Waals surface area (Å²) in [7, 11) is 0. The first-order valence-corrected chi connectivity index (χ1v) is 12.2. The Morgan fingerprint density at radius 2 is 1.73 bits per heavy atom. The number of halogens is 3. The molecule has 1 fully saturated rings. The van der Waals surface area contributed by atoms with Crippen LogP contribution in [0.3, 0.4) is 0 Å². The van der Waals surface area contributed by atoms with Gasteiger partial charge >= 0.3 is 0 Å². The molecule has 1 aromatic heterocycles. The van der Waals surface area contributed by atoms with Crippen LogP contribution in [0.5, 0.6) is 5.75 Å². The minimum atomic E-state index is -2.69. The van der Waals surface area contributed by atoms with Crippen LogP contribution < -0.4 is 27.1 Å². The van der Waals surface area contributed by atoms with Gasteiger partial charge in [0.2, 0.25) is 0 Å². The second-order valence-corrected chi connectivity index (χ2v) is 7.79. The second-order valence-electron chi connectivity index (χ2n) is 7.79. The molecule has 200 valence electrons. The van der Waals surface area contributed by atoms with Crippen molar-refractivity contribution in [2.75, 3.05) is 16.5 Å². The summed E-state index contributed by atoms with van der Waals surface area (Å²) in [5.74, 6) is 2.01. The molecule has 1 aliphatic carbocycles. The van der Waals surface area contributed by atoms with E-state index in [1.165, 1.54) is 18.2 Å². The summed E-state index contributed by atoms with van der Waals surface area (Å²) in [6.07, 6.45) is -0.763. The van der Waals surface area contributed by atoms with Crippen LogP contribution in [0.4, 0.5) is 30.4 Å². The lowest BCUT2D eigenvalue weighted by Gasteiger charge is -2.14. The molecule has 1 heterocycles. The molecule has 0 bridgehead atoms. The fourth-order valence-electron chi connectivity index (χ4n) is 3.62. The second kappa shape index (κ2) is 13.5. The van der Waals surface area contributed by atoms with E-state index in [1.807, 2.05) is 27.7 Å². The van der Waals surface area contributed by atoms with Crippen molar-refractivity contribution in [2.24, 2.45) is 5.84 Å². The normalized spacial score (nSPS) is 15.4. The summed E-state index contributed by atoms with van der Waals surface area (Å²) >= 11 is 0. The zero-order valence-corrected chi connectivity index (χ0v) is 21.4. The van der Waals surface area contributed by atoms with Crippen molar-refractivity contribution in [1.82, 2.24) is 4.98 Å². The largest absolute Gasteiger partial charge is 0.490 e. The average Bonchev–Trinajstić information content (AvgIpc) is 3.26. The molecular weight excluding hydrogens is 483 g/mol. The molecule has 1 saturated carbocycles. The lowest BCUT2D eigenvalue weighted by Crippen LogP contribution is -2.17. The number of nitrogens with zero attached hydrogens (tertiary/aromatic N) is 1. The Labute approximate surface area is 215 Å². The first-order valence-electron chi connectivity index (χ1n) is 12.2. The zero-order valence-electron chi connectivity index (χ0n) is 21.4. The fraction of sp³-hybridized carbons (Fsp3) is 0.333. The molecule has 37 heavy (non-hydrogen) atoms. The number of hydrogen-bond donors (Lipinski definition) is 4. The molecule has 0 radical (unpaired) electrons. The van der Waals surface area contributed by atoms with Gasteiger partial charge in [0.25, 0.3) is 11.8 Å². The van der Waals surface area contributed by atoms with Gasteiger partial charge in [-0.2, -0.15) is 0 Å². The molecule has 7 nitrogen and oxygen atoms in total. The van der Waals surface area contributed by atoms with Gasteiger partial charge < -0.3 is 21.2 Å². The van der Waals surface area contributed by atoms with Crippen molar-refractivity contribution in [3.05, 3.63) is 66.0 Å². The summed E-state index contributed by atoms with van der Waals surface area (Å²) in [4.78, 5) is 17.0. The molecule has 1 aliphatic rings. The Balaban J connectivity index is 0.00000115. The number of carbonyl (C=O) groups excluding carboxylic acids is 1. The Bertz CT molecular complexity index is 1170. The predicted molar refractivity (Wildman–Crippen MR) is 142 cm³/mol. The minimum absolute atomic E-state index is 0.179. The third-order valence-corrected chi connectivity index (χ3v) is 5.34. The summed E-state index contributed by atoms with van der Waals surface area (Å²) < 4.78 is 46.6. The van der Waals surface area contributed by atoms with Crippen LogP contribution in [0.25, 0.3) is 11.3 Å². The molecule has 6 N–H and O–H groups in total. The van der Waals surface area contributed by atoms with Crippen molar-refractivity contribution in [3.63, 3.8) is 0 Å². The van der Waals surface area contributed by atoms with Crippen LogP contribution in [-0.2, 0) is 0 Å². The number of anilines is 3. The van der Waals surface area contributed by atoms with Crippen LogP contribution in [0.2, 0.25) is 0 Å². The lowest BCUT2D eigenvalue weighted by molar-refractivity contribution is -0.00106. The van der Waals surface area contributed by atoms with Crippen molar-refractivity contribution >= 4 is 23.1 Å². The van der Waals surface area contributed by atoms with E-state index in [4.69, 9.17) is 16.3 Å². The molecule has 2 aromatic carbocycles. The quantitative estimate of drug-likeness (QED) is 0.216. The van der Waals surface area contributed by atoms with Crippen LogP contribution in [0, 0.1) is 5.82 Å². The molecule has 0 spiro atoms. The van der Waals surface area contributed by atoms with Gasteiger partial charge in [0.1, 0.15) is 17.7 Å². The van der Waals surface area contributed by atoms with Gasteiger partial charge in [-0.1, -0.05) is 27.7 Å². The van der Waals surface area contributed by atoms with E-state index < -0.39 is 23.8 Å². The number of nitrogens with two attached hydrogens (primary N) is 2. The number of alkyl halides is 2. The van der Waals surface area contributed by atoms with Gasteiger partial charge in [0.05, 0.1) is 16.9 Å². The zero-order chi connectivity index (χ0) is 27.6. The van der Waals surface area contributed by atoms with Gasteiger partial charge in [-0.25, -0.2) is 24.0 Å². The molecule has 1 amide bonds. The van der Waals surface area contributed by atoms with Crippen molar-refractivity contribution < 1.29 is 22.7 Å². The van der Waals surface area contributed by atoms with Crippen molar-refractivity contribution in [3.8, 4) is 17.0 Å². The summed E-state index contributed by atoms with van der Waals surface area (Å²) in [6, 6.07) is 13.5. The number of benzene rings is 2. The standard InChI is InChI=1S/C23H22F3N5O2.2C2H6/c24-18-6-1-13(20-8-7-19(27)21(30-20)31-28)11-17(18)22(32)29-14-2-4-15(5-3-14)33-16-9-10-23(25,26)12-16;2*1-2/h1-8,11,16H,9-10,12,27-28H2,(H,29,32)(H,30,31);2*1-2H3. The maximum atomic E-state index is 14.4. The number of nitrogens with one attached hydrogen (secondary N) is 2. The van der Waals surface area contributed by atoms with Gasteiger partial charge in [0.15, 0.2) is 5.82 Å².